The van der Waals surface area contributed by atoms with Gasteiger partial charge >= 0.3 is 5.97 Å². The summed E-state index contributed by atoms with van der Waals surface area (Å²) in [5.74, 6) is -1.40. The van der Waals surface area contributed by atoms with E-state index in [0.717, 1.165) is 12.3 Å². The molecule has 6 heteroatoms. The molecule has 1 rings (SSSR count). The topological polar surface area (TPSA) is 70.4 Å². The number of aromatic carboxylic acids is 1. The lowest BCUT2D eigenvalue weighted by atomic mass is 10.3. The molecule has 0 radical (unpaired) electrons. The van der Waals surface area contributed by atoms with E-state index in [1.807, 2.05) is 0 Å². The molecule has 0 unspecified atom stereocenters. The summed E-state index contributed by atoms with van der Waals surface area (Å²) in [6.07, 6.45) is 0.992. The summed E-state index contributed by atoms with van der Waals surface area (Å²) in [7, 11) is 0. The van der Waals surface area contributed by atoms with Gasteiger partial charge in [-0.3, -0.25) is 0 Å². The molecule has 0 amide bonds. The molecule has 0 spiro atoms. The van der Waals surface area contributed by atoms with Crippen LogP contribution in [0.4, 0.5) is 0 Å². The highest BCUT2D eigenvalue weighted by Gasteiger charge is 2.06. The summed E-state index contributed by atoms with van der Waals surface area (Å²) in [6.45, 7) is 0. The molecule has 0 aliphatic heterocycles. The molecule has 0 saturated carbocycles. The molecule has 0 aromatic carbocycles. The molecule has 0 atom stereocenters. The Hall–Kier alpha value is -1.00. The van der Waals surface area contributed by atoms with E-state index in [4.69, 9.17) is 21.8 Å². The molecule has 1 aromatic rings. The highest BCUT2D eigenvalue weighted by molar-refractivity contribution is 6.32. The van der Waals surface area contributed by atoms with Gasteiger partial charge in [0.2, 0.25) is 0 Å². The number of carboxylic acid groups (broad SMARTS) is 1. The predicted octanol–water partition coefficient (Wildman–Crippen LogP) is 1.56. The Labute approximate surface area is 79.2 Å². The Morgan fingerprint density at radius 2 is 2.17 bits per heavy atom. The van der Waals surface area contributed by atoms with Gasteiger partial charge in [-0.05, 0) is 6.07 Å². The Balaban J connectivity index is 0.00000121. The summed E-state index contributed by atoms with van der Waals surface area (Å²) in [4.78, 5) is 13.7. The molecule has 0 aliphatic carbocycles. The van der Waals surface area contributed by atoms with Crippen molar-refractivity contribution >= 4 is 30.0 Å². The number of hydrogen-bond donors (Lipinski definition) is 2. The first kappa shape index (κ1) is 11.0. The van der Waals surface area contributed by atoms with E-state index in [1.54, 1.807) is 0 Å². The lowest BCUT2D eigenvalue weighted by Gasteiger charge is -1.95. The standard InChI is InChI=1S/C6H4ClNO3.ClH/c7-3-1-4(6(10)11)8-2-5(3)9;/h1-2,9H,(H,10,11);1H. The quantitative estimate of drug-likeness (QED) is 0.737. The second-order valence-corrected chi connectivity index (χ2v) is 2.23. The summed E-state index contributed by atoms with van der Waals surface area (Å²) < 4.78 is 0. The minimum Gasteiger partial charge on any atom is -0.505 e. The number of halogens is 2. The van der Waals surface area contributed by atoms with Crippen molar-refractivity contribution in [3.05, 3.63) is 23.0 Å². The number of hydrogen-bond acceptors (Lipinski definition) is 3. The Morgan fingerprint density at radius 1 is 1.58 bits per heavy atom. The molecule has 1 aromatic heterocycles. The van der Waals surface area contributed by atoms with Gasteiger partial charge in [0.15, 0.2) is 5.75 Å². The largest absolute Gasteiger partial charge is 0.505 e. The van der Waals surface area contributed by atoms with Crippen molar-refractivity contribution in [2.75, 3.05) is 0 Å². The highest BCUT2D eigenvalue weighted by Crippen LogP contribution is 2.21. The van der Waals surface area contributed by atoms with Gasteiger partial charge in [0.05, 0.1) is 11.2 Å². The van der Waals surface area contributed by atoms with E-state index in [1.165, 1.54) is 0 Å². The average Bonchev–Trinajstić information content (AvgIpc) is 1.94. The molecular formula is C6H5Cl2NO3. The summed E-state index contributed by atoms with van der Waals surface area (Å²) in [5.41, 5.74) is -0.187. The van der Waals surface area contributed by atoms with E-state index < -0.39 is 5.97 Å². The van der Waals surface area contributed by atoms with Crippen LogP contribution in [0.2, 0.25) is 5.02 Å². The molecule has 4 nitrogen and oxygen atoms in total. The number of rotatable bonds is 1. The summed E-state index contributed by atoms with van der Waals surface area (Å²) in [5, 5.41) is 17.2. The van der Waals surface area contributed by atoms with E-state index in [-0.39, 0.29) is 28.9 Å². The number of nitrogens with zero attached hydrogens (tertiary/aromatic N) is 1. The van der Waals surface area contributed by atoms with Crippen molar-refractivity contribution in [2.24, 2.45) is 0 Å². The Kier molecular flexibility index (Phi) is 3.79. The highest BCUT2D eigenvalue weighted by atomic mass is 35.5. The zero-order valence-electron chi connectivity index (χ0n) is 5.69. The monoisotopic (exact) mass is 209 g/mol. The maximum atomic E-state index is 10.3. The zero-order chi connectivity index (χ0) is 8.43. The van der Waals surface area contributed by atoms with Gasteiger partial charge in [0, 0.05) is 0 Å². The molecule has 66 valence electrons. The molecule has 0 fully saturated rings. The Bertz CT molecular complexity index is 303. The first-order chi connectivity index (χ1) is 5.11. The predicted molar refractivity (Wildman–Crippen MR) is 45.1 cm³/mol. The fourth-order valence-electron chi connectivity index (χ4n) is 0.541. The maximum absolute atomic E-state index is 10.3. The summed E-state index contributed by atoms with van der Waals surface area (Å²) >= 11 is 5.40. The number of carboxylic acids is 1. The lowest BCUT2D eigenvalue weighted by molar-refractivity contribution is 0.0690. The van der Waals surface area contributed by atoms with Crippen molar-refractivity contribution in [3.8, 4) is 5.75 Å². The zero-order valence-corrected chi connectivity index (χ0v) is 7.26. The van der Waals surface area contributed by atoms with E-state index in [9.17, 15) is 4.79 Å². The molecule has 0 bridgehead atoms. The van der Waals surface area contributed by atoms with Gasteiger partial charge in [-0.25, -0.2) is 9.78 Å². The van der Waals surface area contributed by atoms with Crippen molar-refractivity contribution in [3.63, 3.8) is 0 Å². The van der Waals surface area contributed by atoms with Crippen LogP contribution in [0.15, 0.2) is 12.3 Å². The fourth-order valence-corrected chi connectivity index (χ4v) is 0.693. The third-order valence-corrected chi connectivity index (χ3v) is 1.36. The fraction of sp³-hybridized carbons (Fsp3) is 0. The van der Waals surface area contributed by atoms with Crippen molar-refractivity contribution in [1.82, 2.24) is 4.98 Å². The van der Waals surface area contributed by atoms with E-state index in [2.05, 4.69) is 4.98 Å². The average molecular weight is 210 g/mol. The third kappa shape index (κ3) is 2.25. The molecular weight excluding hydrogens is 205 g/mol. The lowest BCUT2D eigenvalue weighted by Crippen LogP contribution is -1.98. The van der Waals surface area contributed by atoms with Gasteiger partial charge in [-0.1, -0.05) is 11.6 Å². The van der Waals surface area contributed by atoms with Crippen LogP contribution in [-0.2, 0) is 0 Å². The summed E-state index contributed by atoms with van der Waals surface area (Å²) in [6, 6.07) is 1.08. The van der Waals surface area contributed by atoms with Gasteiger partial charge in [0.25, 0.3) is 0 Å². The van der Waals surface area contributed by atoms with E-state index >= 15 is 0 Å². The first-order valence-corrected chi connectivity index (χ1v) is 3.07. The van der Waals surface area contributed by atoms with Crippen LogP contribution in [0.5, 0.6) is 5.75 Å². The molecule has 0 aliphatic rings. The van der Waals surface area contributed by atoms with Crippen molar-refractivity contribution in [2.45, 2.75) is 0 Å². The second-order valence-electron chi connectivity index (χ2n) is 1.83. The number of aromatic nitrogens is 1. The first-order valence-electron chi connectivity index (χ1n) is 2.69. The normalized spacial score (nSPS) is 8.75. The number of carbonyl (C=O) groups is 1. The number of aromatic hydroxyl groups is 1. The Morgan fingerprint density at radius 3 is 2.58 bits per heavy atom. The van der Waals surface area contributed by atoms with Crippen molar-refractivity contribution < 1.29 is 15.0 Å². The van der Waals surface area contributed by atoms with Crippen LogP contribution < -0.4 is 0 Å². The number of pyridine rings is 1. The van der Waals surface area contributed by atoms with Gasteiger partial charge in [-0.15, -0.1) is 12.4 Å². The SMILES string of the molecule is Cl.O=C(O)c1cc(Cl)c(O)cn1. The molecule has 2 N–H and O–H groups in total. The van der Waals surface area contributed by atoms with Crippen LogP contribution in [-0.4, -0.2) is 21.2 Å². The van der Waals surface area contributed by atoms with Crippen LogP contribution in [0.3, 0.4) is 0 Å². The second kappa shape index (κ2) is 4.13. The minimum atomic E-state index is -1.17. The van der Waals surface area contributed by atoms with Gasteiger partial charge in [0.1, 0.15) is 5.69 Å². The third-order valence-electron chi connectivity index (χ3n) is 1.05. The van der Waals surface area contributed by atoms with Gasteiger partial charge < -0.3 is 10.2 Å². The van der Waals surface area contributed by atoms with Crippen LogP contribution >= 0.6 is 24.0 Å². The molecule has 12 heavy (non-hydrogen) atoms. The van der Waals surface area contributed by atoms with Crippen LogP contribution in [0, 0.1) is 0 Å². The molecule has 0 saturated heterocycles. The molecule has 1 heterocycles. The van der Waals surface area contributed by atoms with Crippen LogP contribution in [0.25, 0.3) is 0 Å². The maximum Gasteiger partial charge on any atom is 0.354 e. The smallest absolute Gasteiger partial charge is 0.354 e. The van der Waals surface area contributed by atoms with E-state index in [0.29, 0.717) is 0 Å². The van der Waals surface area contributed by atoms with Crippen molar-refractivity contribution in [1.29, 1.82) is 0 Å². The minimum absolute atomic E-state index is 0. The van der Waals surface area contributed by atoms with Gasteiger partial charge in [-0.2, -0.15) is 0 Å². The van der Waals surface area contributed by atoms with Crippen LogP contribution in [0.1, 0.15) is 10.5 Å².